The molecule has 0 spiro atoms. The Morgan fingerprint density at radius 1 is 0.758 bits per heavy atom. The number of hydrogen-bond donors (Lipinski definition) is 0. The van der Waals surface area contributed by atoms with Crippen LogP contribution in [0.1, 0.15) is 52.4 Å². The number of alkyl halides is 6. The van der Waals surface area contributed by atoms with Crippen LogP contribution < -0.4 is 0 Å². The molecule has 0 radical (unpaired) electrons. The van der Waals surface area contributed by atoms with Gasteiger partial charge in [-0.2, -0.15) is 26.3 Å². The molecule has 0 heterocycles. The molecular formula is C18H22F6O6S2Zr. The minimum atomic E-state index is -6.09. The number of halogens is 6. The van der Waals surface area contributed by atoms with E-state index in [1.54, 1.807) is 11.1 Å². The van der Waals surface area contributed by atoms with Crippen LogP contribution >= 0.6 is 0 Å². The molecule has 2 aliphatic rings. The van der Waals surface area contributed by atoms with E-state index < -0.39 is 54.5 Å². The Balaban J connectivity index is 0.000000539. The zero-order chi connectivity index (χ0) is 26.1. The van der Waals surface area contributed by atoms with Crippen LogP contribution in [0.5, 0.6) is 0 Å². The van der Waals surface area contributed by atoms with Gasteiger partial charge in [-0.3, -0.25) is 0 Å². The number of rotatable bonds is 6. The standard InChI is InChI=1S/2C8H11.2CHF3O3S.Zr/c2*1-2-5-8-6-3-4-7-8;2*2-1(3,4)8(5,6)7;/h2*3,6H,2,4-5H2,1H3;2*(H,5,6,7);/q;;;;+2/p-2. The van der Waals surface area contributed by atoms with E-state index >= 15 is 0 Å². The Bertz CT molecular complexity index is 910. The Labute approximate surface area is 200 Å². The summed E-state index contributed by atoms with van der Waals surface area (Å²) < 4.78 is 122. The van der Waals surface area contributed by atoms with Crippen LogP contribution in [0, 0.1) is 0 Å². The van der Waals surface area contributed by atoms with Gasteiger partial charge in [0.1, 0.15) is 0 Å². The fourth-order valence-corrected chi connectivity index (χ4v) is 6.34. The zero-order valence-electron chi connectivity index (χ0n) is 17.6. The molecule has 2 rings (SSSR count). The summed E-state index contributed by atoms with van der Waals surface area (Å²) in [6.45, 7) is 4.58. The first-order valence-corrected chi connectivity index (χ1v) is 14.7. The molecule has 0 aromatic carbocycles. The van der Waals surface area contributed by atoms with Gasteiger partial charge in [0.05, 0.1) is 0 Å². The molecule has 0 amide bonds. The summed E-state index contributed by atoms with van der Waals surface area (Å²) >= 11 is -0.443. The summed E-state index contributed by atoms with van der Waals surface area (Å²) in [5.41, 5.74) is -7.91. The van der Waals surface area contributed by atoms with E-state index in [1.807, 2.05) is 6.56 Å². The van der Waals surface area contributed by atoms with Gasteiger partial charge < -0.3 is 9.11 Å². The van der Waals surface area contributed by atoms with Gasteiger partial charge in [-0.05, 0) is 0 Å². The van der Waals surface area contributed by atoms with Gasteiger partial charge in [-0.1, -0.05) is 0 Å². The number of allylic oxidation sites excluding steroid dienone is 8. The summed E-state index contributed by atoms with van der Waals surface area (Å²) in [4.78, 5) is 0. The summed E-state index contributed by atoms with van der Waals surface area (Å²) in [6.07, 6.45) is 17.3. The molecule has 15 heteroatoms. The van der Waals surface area contributed by atoms with Crippen LogP contribution in [-0.2, 0) is 43.5 Å². The fourth-order valence-electron chi connectivity index (χ4n) is 2.55. The minimum Gasteiger partial charge on any atom is -0.741 e. The SMILES string of the molecule is CCCC1=[C]([Zr+2][C]2=C(CCC)C=CC2)CC=C1.O=S(=O)([O-])C(F)(F)F.O=S(=O)([O-])C(F)(F)F. The van der Waals surface area contributed by atoms with Crippen molar-refractivity contribution in [1.29, 1.82) is 0 Å². The Morgan fingerprint density at radius 2 is 1.03 bits per heavy atom. The van der Waals surface area contributed by atoms with E-state index in [9.17, 15) is 26.3 Å². The molecule has 0 saturated heterocycles. The van der Waals surface area contributed by atoms with Crippen LogP contribution in [-0.4, -0.2) is 37.0 Å². The molecule has 188 valence electrons. The van der Waals surface area contributed by atoms with Crippen molar-refractivity contribution in [2.75, 3.05) is 0 Å². The van der Waals surface area contributed by atoms with E-state index in [1.165, 1.54) is 38.5 Å². The Morgan fingerprint density at radius 3 is 1.24 bits per heavy atom. The third-order valence-electron chi connectivity index (χ3n) is 3.96. The normalized spacial score (nSPS) is 16.3. The summed E-state index contributed by atoms with van der Waals surface area (Å²) in [5, 5.41) is 0. The molecule has 0 aliphatic heterocycles. The second-order valence-corrected chi connectivity index (χ2v) is 13.0. The molecule has 0 N–H and O–H groups in total. The van der Waals surface area contributed by atoms with Crippen molar-refractivity contribution in [1.82, 2.24) is 0 Å². The minimum absolute atomic E-state index is 0.443. The molecular weight excluding hydrogens is 582 g/mol. The predicted octanol–water partition coefficient (Wildman–Crippen LogP) is 5.20. The first kappa shape index (κ1) is 32.2. The smallest absolute Gasteiger partial charge is 0.485 e. The summed E-state index contributed by atoms with van der Waals surface area (Å²) in [6, 6.07) is 0. The molecule has 6 nitrogen and oxygen atoms in total. The molecule has 0 aromatic heterocycles. The maximum absolute atomic E-state index is 10.7. The van der Waals surface area contributed by atoms with Crippen LogP contribution in [0.4, 0.5) is 26.3 Å². The van der Waals surface area contributed by atoms with Gasteiger partial charge in [0.25, 0.3) is 0 Å². The molecule has 0 unspecified atom stereocenters. The number of hydrogen-bond acceptors (Lipinski definition) is 6. The topological polar surface area (TPSA) is 114 Å². The van der Waals surface area contributed by atoms with E-state index in [4.69, 9.17) is 25.9 Å². The van der Waals surface area contributed by atoms with Crippen LogP contribution in [0.3, 0.4) is 0 Å². The quantitative estimate of drug-likeness (QED) is 0.234. The monoisotopic (exact) mass is 602 g/mol. The van der Waals surface area contributed by atoms with Gasteiger partial charge in [0.15, 0.2) is 20.2 Å². The maximum Gasteiger partial charge on any atom is 0.485 e. The van der Waals surface area contributed by atoms with Crippen LogP contribution in [0.2, 0.25) is 0 Å². The fraction of sp³-hybridized carbons (Fsp3) is 0.556. The molecule has 0 bridgehead atoms. The molecule has 33 heavy (non-hydrogen) atoms. The van der Waals surface area contributed by atoms with Crippen LogP contribution in [0.15, 0.2) is 42.0 Å². The average Bonchev–Trinajstić information content (AvgIpc) is 3.24. The van der Waals surface area contributed by atoms with E-state index in [2.05, 4.69) is 38.2 Å². The predicted molar refractivity (Wildman–Crippen MR) is 103 cm³/mol. The second-order valence-electron chi connectivity index (χ2n) is 6.65. The summed E-state index contributed by atoms with van der Waals surface area (Å²) in [7, 11) is -12.2. The van der Waals surface area contributed by atoms with Crippen molar-refractivity contribution in [2.45, 2.75) is 63.4 Å². The van der Waals surface area contributed by atoms with Gasteiger partial charge in [-0.25, -0.2) is 16.8 Å². The largest absolute Gasteiger partial charge is 0.741 e. The van der Waals surface area contributed by atoms with E-state index in [0.29, 0.717) is 0 Å². The van der Waals surface area contributed by atoms with Gasteiger partial charge in [-0.15, -0.1) is 0 Å². The first-order chi connectivity index (χ1) is 14.8. The van der Waals surface area contributed by atoms with Gasteiger partial charge >= 0.3 is 129 Å². The van der Waals surface area contributed by atoms with Crippen molar-refractivity contribution in [3.05, 3.63) is 42.0 Å². The molecule has 0 atom stereocenters. The maximum atomic E-state index is 10.7. The zero-order valence-corrected chi connectivity index (χ0v) is 21.7. The molecule has 0 fully saturated rings. The first-order valence-electron chi connectivity index (χ1n) is 9.43. The third-order valence-corrected chi connectivity index (χ3v) is 9.16. The average molecular weight is 604 g/mol. The third kappa shape index (κ3) is 12.0. The molecule has 2 aliphatic carbocycles. The van der Waals surface area contributed by atoms with Crippen molar-refractivity contribution in [2.24, 2.45) is 0 Å². The van der Waals surface area contributed by atoms with E-state index in [0.717, 1.165) is 0 Å². The van der Waals surface area contributed by atoms with Gasteiger partial charge in [0.2, 0.25) is 0 Å². The van der Waals surface area contributed by atoms with Crippen molar-refractivity contribution < 1.29 is 75.5 Å². The molecule has 0 saturated carbocycles. The van der Waals surface area contributed by atoms with Crippen molar-refractivity contribution in [3.63, 3.8) is 0 Å². The van der Waals surface area contributed by atoms with E-state index in [-0.39, 0.29) is 0 Å². The second kappa shape index (κ2) is 13.4. The van der Waals surface area contributed by atoms with Gasteiger partial charge in [0, 0.05) is 0 Å². The molecule has 0 aromatic rings. The van der Waals surface area contributed by atoms with Crippen LogP contribution in [0.25, 0.3) is 0 Å². The van der Waals surface area contributed by atoms with Crippen molar-refractivity contribution in [3.8, 4) is 0 Å². The van der Waals surface area contributed by atoms with Crippen molar-refractivity contribution >= 4 is 20.2 Å². The Kier molecular flexibility index (Phi) is 13.1. The Hall–Kier alpha value is -0.757. The summed E-state index contributed by atoms with van der Waals surface area (Å²) in [5.74, 6) is 0.